The van der Waals surface area contributed by atoms with Crippen LogP contribution >= 0.6 is 31.9 Å². The molecule has 0 radical (unpaired) electrons. The minimum Gasteiger partial charge on any atom is -0.486 e. The normalized spacial score (nSPS) is 18.8. The van der Waals surface area contributed by atoms with E-state index in [1.807, 2.05) is 24.3 Å². The number of nitrogens with one attached hydrogen (secondary N) is 2. The van der Waals surface area contributed by atoms with Gasteiger partial charge in [0.15, 0.2) is 34.6 Å². The zero-order valence-electron chi connectivity index (χ0n) is 33.5. The van der Waals surface area contributed by atoms with Gasteiger partial charge in [-0.05, 0) is 120 Å². The van der Waals surface area contributed by atoms with Crippen LogP contribution in [0.2, 0.25) is 0 Å². The summed E-state index contributed by atoms with van der Waals surface area (Å²) in [7, 11) is 0. The first-order valence-corrected chi connectivity index (χ1v) is 22.5. The number of nitrogens with zero attached hydrogens (tertiary/aromatic N) is 6. The highest BCUT2D eigenvalue weighted by Crippen LogP contribution is 2.40. The molecule has 2 aromatic heterocycles. The van der Waals surface area contributed by atoms with Crippen LogP contribution in [0.3, 0.4) is 0 Å². The van der Waals surface area contributed by atoms with Gasteiger partial charge in [-0.2, -0.15) is 0 Å². The third-order valence-corrected chi connectivity index (χ3v) is 12.7. The fourth-order valence-corrected chi connectivity index (χ4v) is 8.84. The smallest absolute Gasteiger partial charge is 0.163 e. The van der Waals surface area contributed by atoms with E-state index >= 15 is 0 Å². The first-order valence-electron chi connectivity index (χ1n) is 20.9. The lowest BCUT2D eigenvalue weighted by atomic mass is 10.1. The Morgan fingerprint density at radius 3 is 1.48 bits per heavy atom. The maximum atomic E-state index is 14.4. The molecular formula is C45H46Br2F2N8O4. The second kappa shape index (κ2) is 19.0. The molecule has 2 N–H and O–H groups in total. The van der Waals surface area contributed by atoms with Gasteiger partial charge in [0, 0.05) is 48.8 Å². The van der Waals surface area contributed by atoms with Gasteiger partial charge in [-0.3, -0.25) is 0 Å². The van der Waals surface area contributed by atoms with E-state index in [0.717, 1.165) is 36.7 Å². The molecule has 12 nitrogen and oxygen atoms in total. The van der Waals surface area contributed by atoms with E-state index in [9.17, 15) is 8.78 Å². The number of rotatable bonds is 10. The monoisotopic (exact) mass is 958 g/mol. The summed E-state index contributed by atoms with van der Waals surface area (Å²) >= 11 is 6.44. The van der Waals surface area contributed by atoms with Crippen molar-refractivity contribution in [2.45, 2.75) is 57.2 Å². The minimum atomic E-state index is -0.371. The van der Waals surface area contributed by atoms with E-state index < -0.39 is 0 Å². The molecule has 318 valence electrons. The van der Waals surface area contributed by atoms with E-state index in [-0.39, 0.29) is 23.8 Å². The Bertz CT molecular complexity index is 2510. The Morgan fingerprint density at radius 2 is 1.02 bits per heavy atom. The molecule has 6 heterocycles. The summed E-state index contributed by atoms with van der Waals surface area (Å²) in [6.07, 6.45) is 11.3. The Kier molecular flexibility index (Phi) is 12.9. The SMILES string of the molecule is Fc1c(Br)cccc1Nc1ncnc2cc3c(cc12)OC(CCN1CCCC1)CO3.Fc1c(Br)cccc1Nc1ncnc2cc3c(cc12)OC(CCN1CCCCC1)CO3. The molecule has 2 atom stereocenters. The standard InChI is InChI=1S/C23H24BrFN4O2.C22H22BrFN4O2/c24-17-5-4-6-18(22(17)25)28-23-16-11-21-20(12-19(16)26-14-27-23)30-13-15(31-21)7-10-29-8-2-1-3-9-29;23-16-4-3-5-17(21(16)24)27-22-15-10-20-19(11-18(15)25-13-26-22)29-12-14(30-20)6-9-28-7-1-2-8-28/h4-6,11-12,14-15H,1-3,7-10,13H2,(H,26,27,28);3-5,10-11,13-14H,1-2,6-9,12H2,(H,25,26,27). The third kappa shape index (κ3) is 9.77. The van der Waals surface area contributed by atoms with Crippen LogP contribution in [0, 0.1) is 11.6 Å². The highest BCUT2D eigenvalue weighted by molar-refractivity contribution is 9.10. The Labute approximate surface area is 369 Å². The molecule has 4 aromatic carbocycles. The van der Waals surface area contributed by atoms with Crippen molar-refractivity contribution in [1.82, 2.24) is 29.7 Å². The highest BCUT2D eigenvalue weighted by Gasteiger charge is 2.26. The Hall–Kier alpha value is -4.90. The summed E-state index contributed by atoms with van der Waals surface area (Å²) < 4.78 is 54.1. The first-order chi connectivity index (χ1) is 29.8. The highest BCUT2D eigenvalue weighted by atomic mass is 79.9. The van der Waals surface area contributed by atoms with Crippen LogP contribution in [0.4, 0.5) is 31.8 Å². The van der Waals surface area contributed by atoms with Gasteiger partial charge in [0.25, 0.3) is 0 Å². The summed E-state index contributed by atoms with van der Waals surface area (Å²) in [6.45, 7) is 7.81. The number of ether oxygens (including phenoxy) is 4. The molecule has 0 saturated carbocycles. The van der Waals surface area contributed by atoms with Crippen molar-refractivity contribution in [3.63, 3.8) is 0 Å². The van der Waals surface area contributed by atoms with Crippen LogP contribution in [0.25, 0.3) is 21.8 Å². The molecular weight excluding hydrogens is 914 g/mol. The molecule has 6 aromatic rings. The topological polar surface area (TPSA) is 119 Å². The van der Waals surface area contributed by atoms with Gasteiger partial charge in [-0.25, -0.2) is 28.7 Å². The van der Waals surface area contributed by atoms with Crippen molar-refractivity contribution < 1.29 is 27.7 Å². The van der Waals surface area contributed by atoms with Gasteiger partial charge >= 0.3 is 0 Å². The molecule has 0 spiro atoms. The van der Waals surface area contributed by atoms with Crippen molar-refractivity contribution in [2.75, 3.05) is 63.1 Å². The number of likely N-dealkylation sites (tertiary alicyclic amines) is 2. The van der Waals surface area contributed by atoms with E-state index in [0.29, 0.717) is 79.2 Å². The molecule has 0 aliphatic carbocycles. The van der Waals surface area contributed by atoms with Crippen molar-refractivity contribution in [2.24, 2.45) is 0 Å². The molecule has 4 aliphatic rings. The van der Waals surface area contributed by atoms with E-state index in [1.165, 1.54) is 70.9 Å². The number of aromatic nitrogens is 4. The molecule has 4 aliphatic heterocycles. The van der Waals surface area contributed by atoms with E-state index in [2.05, 4.69) is 72.2 Å². The van der Waals surface area contributed by atoms with E-state index in [1.54, 1.807) is 36.4 Å². The quantitative estimate of drug-likeness (QED) is 0.136. The van der Waals surface area contributed by atoms with Gasteiger partial charge in [0.05, 0.1) is 31.4 Å². The van der Waals surface area contributed by atoms with Gasteiger partial charge in [0.2, 0.25) is 0 Å². The number of benzene rings is 4. The van der Waals surface area contributed by atoms with Crippen LogP contribution in [-0.4, -0.2) is 94.4 Å². The summed E-state index contributed by atoms with van der Waals surface area (Å²) in [6, 6.07) is 17.7. The number of hydrogen-bond acceptors (Lipinski definition) is 12. The molecule has 2 unspecified atom stereocenters. The summed E-state index contributed by atoms with van der Waals surface area (Å²) in [5, 5.41) is 7.66. The molecule has 2 saturated heterocycles. The average molecular weight is 961 g/mol. The molecule has 10 rings (SSSR count). The largest absolute Gasteiger partial charge is 0.486 e. The molecule has 0 bridgehead atoms. The molecule has 2 fully saturated rings. The lowest BCUT2D eigenvalue weighted by Crippen LogP contribution is -2.36. The number of halogens is 4. The zero-order chi connectivity index (χ0) is 41.7. The third-order valence-electron chi connectivity index (χ3n) is 11.4. The fraction of sp³-hybridized carbons (Fsp3) is 0.378. The summed E-state index contributed by atoms with van der Waals surface area (Å²) in [4.78, 5) is 22.3. The number of fused-ring (bicyclic) bond motifs is 4. The van der Waals surface area contributed by atoms with Crippen molar-refractivity contribution >= 4 is 76.7 Å². The fourth-order valence-electron chi connectivity index (χ4n) is 8.11. The second-order valence-corrected chi connectivity index (χ2v) is 17.4. The predicted molar refractivity (Wildman–Crippen MR) is 239 cm³/mol. The minimum absolute atomic E-state index is 0.00967. The average Bonchev–Trinajstić information content (AvgIpc) is 3.81. The van der Waals surface area contributed by atoms with Gasteiger partial charge in [-0.15, -0.1) is 0 Å². The maximum Gasteiger partial charge on any atom is 0.163 e. The first kappa shape index (κ1) is 41.5. The van der Waals surface area contributed by atoms with Crippen LogP contribution in [0.5, 0.6) is 23.0 Å². The van der Waals surface area contributed by atoms with E-state index in [4.69, 9.17) is 18.9 Å². The van der Waals surface area contributed by atoms with Gasteiger partial charge in [-0.1, -0.05) is 18.6 Å². The van der Waals surface area contributed by atoms with Gasteiger partial charge < -0.3 is 39.4 Å². The van der Waals surface area contributed by atoms with Crippen molar-refractivity contribution in [3.8, 4) is 23.0 Å². The Morgan fingerprint density at radius 1 is 0.574 bits per heavy atom. The zero-order valence-corrected chi connectivity index (χ0v) is 36.7. The predicted octanol–water partition coefficient (Wildman–Crippen LogP) is 10.2. The molecule has 16 heteroatoms. The lowest BCUT2D eigenvalue weighted by molar-refractivity contribution is 0.0730. The number of piperidine rings is 1. The van der Waals surface area contributed by atoms with Crippen LogP contribution in [0.1, 0.15) is 44.9 Å². The lowest BCUT2D eigenvalue weighted by Gasteiger charge is -2.31. The van der Waals surface area contributed by atoms with Crippen molar-refractivity contribution in [3.05, 3.63) is 93.9 Å². The van der Waals surface area contributed by atoms with Crippen LogP contribution in [-0.2, 0) is 0 Å². The van der Waals surface area contributed by atoms with Crippen LogP contribution < -0.4 is 29.6 Å². The maximum absolute atomic E-state index is 14.4. The molecule has 61 heavy (non-hydrogen) atoms. The Balaban J connectivity index is 0.000000156. The summed E-state index contributed by atoms with van der Waals surface area (Å²) in [5.41, 5.74) is 2.09. The van der Waals surface area contributed by atoms with Crippen molar-refractivity contribution in [1.29, 1.82) is 0 Å². The summed E-state index contributed by atoms with van der Waals surface area (Å²) in [5.74, 6) is 3.00. The van der Waals surface area contributed by atoms with Crippen LogP contribution in [0.15, 0.2) is 82.3 Å². The number of hydrogen-bond donors (Lipinski definition) is 2. The molecule has 0 amide bonds. The number of anilines is 4. The van der Waals surface area contributed by atoms with Gasteiger partial charge in [0.1, 0.15) is 49.7 Å². The second-order valence-electron chi connectivity index (χ2n) is 15.7.